The van der Waals surface area contributed by atoms with Gasteiger partial charge in [-0.1, -0.05) is 26.7 Å². The van der Waals surface area contributed by atoms with Gasteiger partial charge in [-0.05, 0) is 58.9 Å². The lowest BCUT2D eigenvalue weighted by Crippen LogP contribution is -2.25. The zero-order chi connectivity index (χ0) is 14.7. The summed E-state index contributed by atoms with van der Waals surface area (Å²) >= 11 is 0. The SMILES string of the molecule is COCCN(C)CCC(C)CCC(C)CCN(C)C. The van der Waals surface area contributed by atoms with Crippen molar-refractivity contribution in [2.24, 2.45) is 11.8 Å². The molecule has 116 valence electrons. The first kappa shape index (κ1) is 18.9. The number of nitrogens with zero attached hydrogens (tertiary/aromatic N) is 2. The number of hydrogen-bond acceptors (Lipinski definition) is 3. The smallest absolute Gasteiger partial charge is 0.0589 e. The van der Waals surface area contributed by atoms with E-state index in [0.717, 1.165) is 25.0 Å². The summed E-state index contributed by atoms with van der Waals surface area (Å²) in [5.41, 5.74) is 0. The Morgan fingerprint density at radius 3 is 1.79 bits per heavy atom. The molecule has 0 heterocycles. The van der Waals surface area contributed by atoms with Crippen LogP contribution in [0, 0.1) is 11.8 Å². The fraction of sp³-hybridized carbons (Fsp3) is 1.00. The van der Waals surface area contributed by atoms with Gasteiger partial charge < -0.3 is 14.5 Å². The Labute approximate surface area is 121 Å². The second-order valence-corrected chi connectivity index (χ2v) is 6.46. The van der Waals surface area contributed by atoms with Crippen LogP contribution in [0.5, 0.6) is 0 Å². The third-order valence-electron chi connectivity index (χ3n) is 3.90. The Morgan fingerprint density at radius 1 is 0.789 bits per heavy atom. The Balaban J connectivity index is 3.54. The normalized spacial score (nSPS) is 15.2. The first-order valence-electron chi connectivity index (χ1n) is 7.77. The third-order valence-corrected chi connectivity index (χ3v) is 3.90. The summed E-state index contributed by atoms with van der Waals surface area (Å²) in [5, 5.41) is 0. The van der Waals surface area contributed by atoms with Gasteiger partial charge in [-0.2, -0.15) is 0 Å². The summed E-state index contributed by atoms with van der Waals surface area (Å²) in [5.74, 6) is 1.70. The van der Waals surface area contributed by atoms with Crippen LogP contribution in [0.15, 0.2) is 0 Å². The predicted octanol–water partition coefficient (Wildman–Crippen LogP) is 2.96. The first-order valence-corrected chi connectivity index (χ1v) is 7.77. The molecule has 19 heavy (non-hydrogen) atoms. The lowest BCUT2D eigenvalue weighted by molar-refractivity contribution is 0.157. The van der Waals surface area contributed by atoms with Crippen molar-refractivity contribution in [3.05, 3.63) is 0 Å². The van der Waals surface area contributed by atoms with E-state index in [-0.39, 0.29) is 0 Å². The van der Waals surface area contributed by atoms with E-state index in [1.54, 1.807) is 7.11 Å². The molecule has 0 bridgehead atoms. The Morgan fingerprint density at radius 2 is 1.32 bits per heavy atom. The Hall–Kier alpha value is -0.120. The average molecular weight is 272 g/mol. The van der Waals surface area contributed by atoms with Crippen LogP contribution in [0.4, 0.5) is 0 Å². The highest BCUT2D eigenvalue weighted by Gasteiger charge is 2.08. The van der Waals surface area contributed by atoms with Crippen LogP contribution in [0.1, 0.15) is 39.5 Å². The van der Waals surface area contributed by atoms with E-state index in [1.807, 2.05) is 0 Å². The van der Waals surface area contributed by atoms with Gasteiger partial charge in [0.25, 0.3) is 0 Å². The minimum atomic E-state index is 0.840. The quantitative estimate of drug-likeness (QED) is 0.543. The number of rotatable bonds is 12. The summed E-state index contributed by atoms with van der Waals surface area (Å²) in [4.78, 5) is 4.65. The molecule has 2 unspecified atom stereocenters. The summed E-state index contributed by atoms with van der Waals surface area (Å²) in [6, 6.07) is 0. The predicted molar refractivity (Wildman–Crippen MR) is 84.7 cm³/mol. The van der Waals surface area contributed by atoms with Crippen molar-refractivity contribution in [2.45, 2.75) is 39.5 Å². The van der Waals surface area contributed by atoms with Crippen molar-refractivity contribution in [1.82, 2.24) is 9.80 Å². The summed E-state index contributed by atoms with van der Waals surface area (Å²) in [6.07, 6.45) is 5.37. The minimum absolute atomic E-state index is 0.840. The number of hydrogen-bond donors (Lipinski definition) is 0. The van der Waals surface area contributed by atoms with Gasteiger partial charge in [0, 0.05) is 13.7 Å². The lowest BCUT2D eigenvalue weighted by atomic mass is 9.94. The van der Waals surface area contributed by atoms with E-state index in [0.29, 0.717) is 0 Å². The molecule has 0 aliphatic rings. The molecular formula is C16H36N2O. The second-order valence-electron chi connectivity index (χ2n) is 6.46. The zero-order valence-corrected chi connectivity index (χ0v) is 14.1. The molecule has 0 saturated carbocycles. The molecular weight excluding hydrogens is 236 g/mol. The monoisotopic (exact) mass is 272 g/mol. The highest BCUT2D eigenvalue weighted by molar-refractivity contribution is 4.62. The number of likely N-dealkylation sites (N-methyl/N-ethyl adjacent to an activating group) is 1. The molecule has 0 rings (SSSR count). The van der Waals surface area contributed by atoms with Crippen LogP contribution in [0.3, 0.4) is 0 Å². The van der Waals surface area contributed by atoms with Crippen molar-refractivity contribution < 1.29 is 4.74 Å². The van der Waals surface area contributed by atoms with Gasteiger partial charge in [0.15, 0.2) is 0 Å². The van der Waals surface area contributed by atoms with Crippen LogP contribution in [-0.2, 0) is 4.74 Å². The van der Waals surface area contributed by atoms with Gasteiger partial charge in [-0.15, -0.1) is 0 Å². The highest BCUT2D eigenvalue weighted by Crippen LogP contribution is 2.17. The van der Waals surface area contributed by atoms with Gasteiger partial charge in [0.2, 0.25) is 0 Å². The van der Waals surface area contributed by atoms with E-state index in [9.17, 15) is 0 Å². The lowest BCUT2D eigenvalue weighted by Gasteiger charge is -2.20. The van der Waals surface area contributed by atoms with Crippen LogP contribution in [-0.4, -0.2) is 64.3 Å². The van der Waals surface area contributed by atoms with Crippen molar-refractivity contribution in [3.8, 4) is 0 Å². The third kappa shape index (κ3) is 12.6. The van der Waals surface area contributed by atoms with Gasteiger partial charge in [0.05, 0.1) is 6.61 Å². The number of methoxy groups -OCH3 is 1. The van der Waals surface area contributed by atoms with Gasteiger partial charge in [-0.25, -0.2) is 0 Å². The molecule has 3 heteroatoms. The van der Waals surface area contributed by atoms with E-state index in [1.165, 1.54) is 38.8 Å². The molecule has 2 atom stereocenters. The van der Waals surface area contributed by atoms with Crippen molar-refractivity contribution in [3.63, 3.8) is 0 Å². The highest BCUT2D eigenvalue weighted by atomic mass is 16.5. The van der Waals surface area contributed by atoms with Gasteiger partial charge in [-0.3, -0.25) is 0 Å². The molecule has 0 aliphatic heterocycles. The Kier molecular flexibility index (Phi) is 11.6. The maximum atomic E-state index is 5.10. The molecule has 0 aromatic rings. The van der Waals surface area contributed by atoms with Crippen molar-refractivity contribution in [2.75, 3.05) is 54.5 Å². The molecule has 3 nitrogen and oxygen atoms in total. The van der Waals surface area contributed by atoms with E-state index >= 15 is 0 Å². The van der Waals surface area contributed by atoms with Gasteiger partial charge in [0.1, 0.15) is 0 Å². The topological polar surface area (TPSA) is 15.7 Å². The van der Waals surface area contributed by atoms with Crippen LogP contribution >= 0.6 is 0 Å². The molecule has 0 saturated heterocycles. The molecule has 0 aromatic heterocycles. The molecule has 0 aliphatic carbocycles. The first-order chi connectivity index (χ1) is 8.95. The number of ether oxygens (including phenoxy) is 1. The summed E-state index contributed by atoms with van der Waals surface area (Å²) in [6.45, 7) is 9.07. The maximum Gasteiger partial charge on any atom is 0.0589 e. The fourth-order valence-electron chi connectivity index (χ4n) is 2.14. The van der Waals surface area contributed by atoms with Crippen LogP contribution in [0.25, 0.3) is 0 Å². The molecule has 0 aromatic carbocycles. The van der Waals surface area contributed by atoms with E-state index < -0.39 is 0 Å². The van der Waals surface area contributed by atoms with E-state index in [2.05, 4.69) is 44.8 Å². The molecule has 0 amide bonds. The fourth-order valence-corrected chi connectivity index (χ4v) is 2.14. The molecule has 0 fully saturated rings. The van der Waals surface area contributed by atoms with Crippen molar-refractivity contribution >= 4 is 0 Å². The van der Waals surface area contributed by atoms with Crippen LogP contribution in [0.2, 0.25) is 0 Å². The molecule has 0 spiro atoms. The standard InChI is InChI=1S/C16H36N2O/c1-15(9-11-17(3)4)7-8-16(2)10-12-18(5)13-14-19-6/h15-16H,7-14H2,1-6H3. The van der Waals surface area contributed by atoms with Crippen LogP contribution < -0.4 is 0 Å². The maximum absolute atomic E-state index is 5.10. The second kappa shape index (κ2) is 11.7. The summed E-state index contributed by atoms with van der Waals surface area (Å²) in [7, 11) is 8.27. The largest absolute Gasteiger partial charge is 0.383 e. The summed E-state index contributed by atoms with van der Waals surface area (Å²) < 4.78 is 5.10. The van der Waals surface area contributed by atoms with Crippen molar-refractivity contribution in [1.29, 1.82) is 0 Å². The zero-order valence-electron chi connectivity index (χ0n) is 14.1. The van der Waals surface area contributed by atoms with Gasteiger partial charge >= 0.3 is 0 Å². The minimum Gasteiger partial charge on any atom is -0.383 e. The van der Waals surface area contributed by atoms with E-state index in [4.69, 9.17) is 4.74 Å². The Bertz CT molecular complexity index is 197. The molecule has 0 radical (unpaired) electrons. The molecule has 0 N–H and O–H groups in total. The average Bonchev–Trinajstić information content (AvgIpc) is 2.37.